The molecule has 1 aliphatic rings. The molecular formula is C22H29NO3S. The van der Waals surface area contributed by atoms with E-state index in [2.05, 4.69) is 17.5 Å². The van der Waals surface area contributed by atoms with Crippen LogP contribution in [0.2, 0.25) is 0 Å². The zero-order chi connectivity index (χ0) is 19.5. The van der Waals surface area contributed by atoms with Crippen molar-refractivity contribution in [3.8, 4) is 5.75 Å². The molecule has 0 spiro atoms. The first-order valence-electron chi connectivity index (χ1n) is 9.22. The van der Waals surface area contributed by atoms with Crippen molar-refractivity contribution in [3.63, 3.8) is 0 Å². The summed E-state index contributed by atoms with van der Waals surface area (Å²) in [5, 5.41) is 2.66. The van der Waals surface area contributed by atoms with Crippen molar-refractivity contribution in [3.05, 3.63) is 65.5 Å². The number of carbonyl (C=O) groups is 1. The Morgan fingerprint density at radius 2 is 2.07 bits per heavy atom. The van der Waals surface area contributed by atoms with Crippen LogP contribution in [-0.4, -0.2) is 38.2 Å². The van der Waals surface area contributed by atoms with E-state index in [4.69, 9.17) is 9.47 Å². The van der Waals surface area contributed by atoms with Crippen LogP contribution in [0.15, 0.2) is 59.9 Å². The largest absolute Gasteiger partial charge is 0.501 e. The summed E-state index contributed by atoms with van der Waals surface area (Å²) in [6.45, 7) is 0.681. The summed E-state index contributed by atoms with van der Waals surface area (Å²) in [5.41, 5.74) is 2.45. The Bertz CT molecular complexity index is 692. The van der Waals surface area contributed by atoms with Crippen LogP contribution in [0.3, 0.4) is 0 Å². The summed E-state index contributed by atoms with van der Waals surface area (Å²) in [6.07, 6.45) is 13.9. The number of allylic oxidation sites excluding steroid dienone is 5. The molecule has 27 heavy (non-hydrogen) atoms. The second-order valence-electron chi connectivity index (χ2n) is 6.32. The molecule has 0 aliphatic heterocycles. The van der Waals surface area contributed by atoms with Crippen molar-refractivity contribution in [2.45, 2.75) is 30.9 Å². The van der Waals surface area contributed by atoms with Gasteiger partial charge in [-0.1, -0.05) is 35.9 Å². The fourth-order valence-corrected chi connectivity index (χ4v) is 3.52. The van der Waals surface area contributed by atoms with Gasteiger partial charge in [0.05, 0.1) is 24.7 Å². The Kier molecular flexibility index (Phi) is 9.05. The first kappa shape index (κ1) is 21.2. The van der Waals surface area contributed by atoms with Crippen LogP contribution in [0.25, 0.3) is 0 Å². The van der Waals surface area contributed by atoms with Crippen molar-refractivity contribution >= 4 is 17.7 Å². The molecule has 1 aliphatic carbocycles. The quantitative estimate of drug-likeness (QED) is 0.609. The molecule has 5 heteroatoms. The standard InChI is InChI=1S/C22H29NO3S/c1-23-22(24)21(27-3)16-18-10-13-20(14-11-18)26-15-5-7-17-6-4-8-19(25-2)12-9-17/h4,6,8-11,13-14,21H,5,7,12,15-16H2,1-3H3,(H,23,24). The van der Waals surface area contributed by atoms with E-state index in [0.29, 0.717) is 6.61 Å². The molecule has 1 amide bonds. The van der Waals surface area contributed by atoms with Crippen LogP contribution in [0.1, 0.15) is 24.8 Å². The molecule has 146 valence electrons. The highest BCUT2D eigenvalue weighted by atomic mass is 32.2. The maximum Gasteiger partial charge on any atom is 0.233 e. The Balaban J connectivity index is 1.74. The van der Waals surface area contributed by atoms with Gasteiger partial charge in [0.25, 0.3) is 0 Å². The number of carbonyl (C=O) groups excluding carboxylic acids is 1. The van der Waals surface area contributed by atoms with Crippen molar-refractivity contribution in [1.29, 1.82) is 0 Å². The van der Waals surface area contributed by atoms with E-state index in [-0.39, 0.29) is 11.2 Å². The summed E-state index contributed by atoms with van der Waals surface area (Å²) in [5.74, 6) is 1.92. The molecule has 0 fully saturated rings. The van der Waals surface area contributed by atoms with E-state index >= 15 is 0 Å². The third kappa shape index (κ3) is 7.18. The van der Waals surface area contributed by atoms with Crippen molar-refractivity contribution < 1.29 is 14.3 Å². The van der Waals surface area contributed by atoms with Crippen molar-refractivity contribution in [2.24, 2.45) is 0 Å². The fraction of sp³-hybridized carbons (Fsp3) is 0.409. The van der Waals surface area contributed by atoms with E-state index in [9.17, 15) is 4.79 Å². The highest BCUT2D eigenvalue weighted by molar-refractivity contribution is 7.99. The monoisotopic (exact) mass is 387 g/mol. The topological polar surface area (TPSA) is 47.6 Å². The molecular weight excluding hydrogens is 358 g/mol. The smallest absolute Gasteiger partial charge is 0.233 e. The van der Waals surface area contributed by atoms with Crippen molar-refractivity contribution in [1.82, 2.24) is 5.32 Å². The van der Waals surface area contributed by atoms with E-state index in [1.807, 2.05) is 42.7 Å². The van der Waals surface area contributed by atoms with E-state index in [0.717, 1.165) is 42.8 Å². The molecule has 0 bridgehead atoms. The average Bonchev–Trinajstić information content (AvgIpc) is 2.95. The number of rotatable bonds is 10. The first-order chi connectivity index (χ1) is 13.2. The molecule has 1 unspecified atom stereocenters. The molecule has 4 nitrogen and oxygen atoms in total. The summed E-state index contributed by atoms with van der Waals surface area (Å²) >= 11 is 1.57. The van der Waals surface area contributed by atoms with Gasteiger partial charge < -0.3 is 14.8 Å². The van der Waals surface area contributed by atoms with E-state index in [1.54, 1.807) is 25.9 Å². The second-order valence-corrected chi connectivity index (χ2v) is 7.36. The minimum atomic E-state index is -0.0595. The lowest BCUT2D eigenvalue weighted by atomic mass is 10.1. The van der Waals surface area contributed by atoms with Crippen molar-refractivity contribution in [2.75, 3.05) is 27.0 Å². The van der Waals surface area contributed by atoms with Gasteiger partial charge in [-0.05, 0) is 49.3 Å². The van der Waals surface area contributed by atoms with Gasteiger partial charge >= 0.3 is 0 Å². The molecule has 1 atom stereocenters. The molecule has 0 heterocycles. The number of amides is 1. The molecule has 1 aromatic rings. The highest BCUT2D eigenvalue weighted by Gasteiger charge is 2.16. The number of thioether (sulfide) groups is 1. The third-order valence-corrected chi connectivity index (χ3v) is 5.42. The van der Waals surface area contributed by atoms with Gasteiger partial charge in [-0.3, -0.25) is 4.79 Å². The molecule has 1 aromatic carbocycles. The summed E-state index contributed by atoms with van der Waals surface area (Å²) < 4.78 is 11.1. The third-order valence-electron chi connectivity index (χ3n) is 4.47. The second kappa shape index (κ2) is 11.5. The van der Waals surface area contributed by atoms with Crippen LogP contribution < -0.4 is 10.1 Å². The Morgan fingerprint density at radius 3 is 2.74 bits per heavy atom. The van der Waals surface area contributed by atoms with Gasteiger partial charge in [0.2, 0.25) is 5.91 Å². The maximum absolute atomic E-state index is 11.8. The van der Waals surface area contributed by atoms with Gasteiger partial charge in [-0.2, -0.15) is 11.8 Å². The Labute approximate surface area is 166 Å². The molecule has 2 rings (SSSR count). The van der Waals surface area contributed by atoms with Crippen LogP contribution in [-0.2, 0) is 16.0 Å². The van der Waals surface area contributed by atoms with Crippen LogP contribution in [0.4, 0.5) is 0 Å². The predicted molar refractivity (Wildman–Crippen MR) is 113 cm³/mol. The minimum absolute atomic E-state index is 0.0595. The Morgan fingerprint density at radius 1 is 1.30 bits per heavy atom. The molecule has 0 aromatic heterocycles. The number of nitrogens with one attached hydrogen (secondary N) is 1. The van der Waals surface area contributed by atoms with Gasteiger partial charge in [0.1, 0.15) is 5.75 Å². The summed E-state index contributed by atoms with van der Waals surface area (Å²) in [4.78, 5) is 11.8. The van der Waals surface area contributed by atoms with Crippen LogP contribution >= 0.6 is 11.8 Å². The fourth-order valence-electron chi connectivity index (χ4n) is 2.83. The number of hydrogen-bond acceptors (Lipinski definition) is 4. The summed E-state index contributed by atoms with van der Waals surface area (Å²) in [6, 6.07) is 8.04. The van der Waals surface area contributed by atoms with Gasteiger partial charge in [0.15, 0.2) is 0 Å². The first-order valence-corrected chi connectivity index (χ1v) is 10.5. The normalized spacial score (nSPS) is 14.6. The van der Waals surface area contributed by atoms with E-state index < -0.39 is 0 Å². The lowest BCUT2D eigenvalue weighted by Crippen LogP contribution is -2.30. The van der Waals surface area contributed by atoms with Gasteiger partial charge in [-0.15, -0.1) is 0 Å². The average molecular weight is 388 g/mol. The maximum atomic E-state index is 11.8. The zero-order valence-electron chi connectivity index (χ0n) is 16.4. The Hall–Kier alpha value is -2.14. The lowest BCUT2D eigenvalue weighted by molar-refractivity contribution is -0.120. The predicted octanol–water partition coefficient (Wildman–Crippen LogP) is 4.28. The minimum Gasteiger partial charge on any atom is -0.501 e. The van der Waals surface area contributed by atoms with Crippen LogP contribution in [0.5, 0.6) is 5.75 Å². The number of hydrogen-bond donors (Lipinski definition) is 1. The molecule has 0 saturated heterocycles. The number of ether oxygens (including phenoxy) is 2. The summed E-state index contributed by atoms with van der Waals surface area (Å²) in [7, 11) is 3.38. The van der Waals surface area contributed by atoms with Crippen LogP contribution in [0, 0.1) is 0 Å². The molecule has 0 saturated carbocycles. The van der Waals surface area contributed by atoms with Gasteiger partial charge in [0, 0.05) is 13.5 Å². The molecule has 1 N–H and O–H groups in total. The zero-order valence-corrected chi connectivity index (χ0v) is 17.2. The SMILES string of the molecule is CNC(=O)C(Cc1ccc(OCCCC2=CCC(OC)=CC=C2)cc1)SC. The number of benzene rings is 1. The lowest BCUT2D eigenvalue weighted by Gasteiger charge is -2.13. The van der Waals surface area contributed by atoms with E-state index in [1.165, 1.54) is 5.57 Å². The molecule has 0 radical (unpaired) electrons. The van der Waals surface area contributed by atoms with Gasteiger partial charge in [-0.25, -0.2) is 0 Å². The number of methoxy groups -OCH3 is 1. The highest BCUT2D eigenvalue weighted by Crippen LogP contribution is 2.19.